The molecule has 1 heterocycles. The summed E-state index contributed by atoms with van der Waals surface area (Å²) in [6.07, 6.45) is 2.60. The lowest BCUT2D eigenvalue weighted by molar-refractivity contribution is 0.0621. The Morgan fingerprint density at radius 3 is 2.61 bits per heavy atom. The van der Waals surface area contributed by atoms with Crippen LogP contribution in [0.4, 0.5) is 0 Å². The molecule has 1 N–H and O–H groups in total. The Labute approximate surface area is 111 Å². The van der Waals surface area contributed by atoms with Gasteiger partial charge in [-0.15, -0.1) is 0 Å². The third-order valence-electron chi connectivity index (χ3n) is 4.09. The lowest BCUT2D eigenvalue weighted by atomic mass is 9.76. The molecule has 1 saturated heterocycles. The molecule has 18 heavy (non-hydrogen) atoms. The van der Waals surface area contributed by atoms with E-state index in [2.05, 4.69) is 56.4 Å². The van der Waals surface area contributed by atoms with Crippen LogP contribution >= 0.6 is 0 Å². The molecule has 0 radical (unpaired) electrons. The van der Waals surface area contributed by atoms with Crippen molar-refractivity contribution in [2.24, 2.45) is 5.41 Å². The fourth-order valence-corrected chi connectivity index (χ4v) is 2.76. The van der Waals surface area contributed by atoms with Crippen molar-refractivity contribution in [3.05, 3.63) is 35.9 Å². The van der Waals surface area contributed by atoms with Gasteiger partial charge in [0.15, 0.2) is 0 Å². The fourth-order valence-electron chi connectivity index (χ4n) is 2.76. The molecule has 0 saturated carbocycles. The predicted molar refractivity (Wildman–Crippen MR) is 75.7 cm³/mol. The molecular formula is C16H25NO. The van der Waals surface area contributed by atoms with E-state index in [4.69, 9.17) is 4.74 Å². The van der Waals surface area contributed by atoms with Gasteiger partial charge in [0.1, 0.15) is 0 Å². The van der Waals surface area contributed by atoms with Crippen LogP contribution in [0.5, 0.6) is 0 Å². The zero-order valence-electron chi connectivity index (χ0n) is 11.8. The molecule has 1 fully saturated rings. The van der Waals surface area contributed by atoms with Gasteiger partial charge in [-0.1, -0.05) is 44.2 Å². The van der Waals surface area contributed by atoms with E-state index in [0.29, 0.717) is 12.1 Å². The second-order valence-electron chi connectivity index (χ2n) is 5.82. The van der Waals surface area contributed by atoms with Crippen LogP contribution in [-0.2, 0) is 11.2 Å². The van der Waals surface area contributed by atoms with E-state index < -0.39 is 0 Å². The Morgan fingerprint density at radius 2 is 2.06 bits per heavy atom. The van der Waals surface area contributed by atoms with Gasteiger partial charge in [-0.3, -0.25) is 0 Å². The summed E-state index contributed by atoms with van der Waals surface area (Å²) in [6.45, 7) is 8.57. The van der Waals surface area contributed by atoms with Gasteiger partial charge < -0.3 is 10.1 Å². The van der Waals surface area contributed by atoms with Crippen molar-refractivity contribution in [1.82, 2.24) is 5.32 Å². The first-order chi connectivity index (χ1) is 8.62. The summed E-state index contributed by atoms with van der Waals surface area (Å²) in [6, 6.07) is 11.3. The summed E-state index contributed by atoms with van der Waals surface area (Å²) < 4.78 is 5.83. The summed E-state index contributed by atoms with van der Waals surface area (Å²) in [4.78, 5) is 0. The Balaban J connectivity index is 2.10. The van der Waals surface area contributed by atoms with E-state index in [9.17, 15) is 0 Å². The monoisotopic (exact) mass is 247 g/mol. The van der Waals surface area contributed by atoms with Gasteiger partial charge in [0, 0.05) is 24.6 Å². The lowest BCUT2D eigenvalue weighted by Gasteiger charge is -2.33. The van der Waals surface area contributed by atoms with Crippen molar-refractivity contribution in [3.8, 4) is 0 Å². The van der Waals surface area contributed by atoms with Crippen LogP contribution in [0, 0.1) is 5.41 Å². The maximum atomic E-state index is 5.83. The highest BCUT2D eigenvalue weighted by molar-refractivity contribution is 5.18. The van der Waals surface area contributed by atoms with Gasteiger partial charge >= 0.3 is 0 Å². The van der Waals surface area contributed by atoms with Gasteiger partial charge in [-0.25, -0.2) is 0 Å². The third-order valence-corrected chi connectivity index (χ3v) is 4.09. The van der Waals surface area contributed by atoms with Crippen molar-refractivity contribution in [1.29, 1.82) is 0 Å². The zero-order valence-corrected chi connectivity index (χ0v) is 11.8. The normalized spacial score (nSPS) is 27.9. The maximum absolute atomic E-state index is 5.83. The summed E-state index contributed by atoms with van der Waals surface area (Å²) in [7, 11) is 0. The van der Waals surface area contributed by atoms with E-state index in [0.717, 1.165) is 26.0 Å². The van der Waals surface area contributed by atoms with Crippen LogP contribution < -0.4 is 5.32 Å². The Morgan fingerprint density at radius 1 is 1.33 bits per heavy atom. The van der Waals surface area contributed by atoms with E-state index in [1.54, 1.807) is 0 Å². The van der Waals surface area contributed by atoms with Crippen molar-refractivity contribution < 1.29 is 4.74 Å². The predicted octanol–water partition coefficient (Wildman–Crippen LogP) is 3.02. The second kappa shape index (κ2) is 5.85. The van der Waals surface area contributed by atoms with E-state index >= 15 is 0 Å². The standard InChI is InChI=1S/C16H25NO/c1-13(2)17-12-16(9-10-18-14(16)3)11-15-7-5-4-6-8-15/h4-8,13-14,17H,9-12H2,1-3H3. The highest BCUT2D eigenvalue weighted by Crippen LogP contribution is 2.37. The largest absolute Gasteiger partial charge is 0.378 e. The second-order valence-corrected chi connectivity index (χ2v) is 5.82. The molecule has 2 atom stereocenters. The summed E-state index contributed by atoms with van der Waals surface area (Å²) in [5.41, 5.74) is 1.67. The lowest BCUT2D eigenvalue weighted by Crippen LogP contribution is -2.43. The zero-order chi connectivity index (χ0) is 13.0. The quantitative estimate of drug-likeness (QED) is 0.863. The highest BCUT2D eigenvalue weighted by Gasteiger charge is 2.41. The summed E-state index contributed by atoms with van der Waals surface area (Å²) in [5.74, 6) is 0. The van der Waals surface area contributed by atoms with Gasteiger partial charge in [0.25, 0.3) is 0 Å². The van der Waals surface area contributed by atoms with Crippen LogP contribution in [0.15, 0.2) is 30.3 Å². The van der Waals surface area contributed by atoms with Crippen LogP contribution in [0.25, 0.3) is 0 Å². The van der Waals surface area contributed by atoms with Gasteiger partial charge in [0.05, 0.1) is 6.10 Å². The first-order valence-corrected chi connectivity index (χ1v) is 7.01. The number of hydrogen-bond donors (Lipinski definition) is 1. The first kappa shape index (κ1) is 13.6. The Kier molecular flexibility index (Phi) is 4.41. The molecule has 2 nitrogen and oxygen atoms in total. The fraction of sp³-hybridized carbons (Fsp3) is 0.625. The highest BCUT2D eigenvalue weighted by atomic mass is 16.5. The number of rotatable bonds is 5. The smallest absolute Gasteiger partial charge is 0.0619 e. The molecule has 1 aromatic carbocycles. The topological polar surface area (TPSA) is 21.3 Å². The number of ether oxygens (including phenoxy) is 1. The number of hydrogen-bond acceptors (Lipinski definition) is 2. The molecule has 2 heteroatoms. The van der Waals surface area contributed by atoms with Gasteiger partial charge in [0.2, 0.25) is 0 Å². The van der Waals surface area contributed by atoms with Crippen molar-refractivity contribution in [2.45, 2.75) is 45.8 Å². The molecular weight excluding hydrogens is 222 g/mol. The van der Waals surface area contributed by atoms with Crippen LogP contribution in [0.3, 0.4) is 0 Å². The van der Waals surface area contributed by atoms with Gasteiger partial charge in [-0.2, -0.15) is 0 Å². The minimum absolute atomic E-state index is 0.256. The molecule has 100 valence electrons. The van der Waals surface area contributed by atoms with Crippen LogP contribution in [0.1, 0.15) is 32.8 Å². The molecule has 0 amide bonds. The number of nitrogens with one attached hydrogen (secondary N) is 1. The Bertz CT molecular complexity index is 363. The van der Waals surface area contributed by atoms with Crippen molar-refractivity contribution in [2.75, 3.05) is 13.2 Å². The summed E-state index contributed by atoms with van der Waals surface area (Å²) >= 11 is 0. The molecule has 1 aliphatic heterocycles. The van der Waals surface area contributed by atoms with Crippen molar-refractivity contribution in [3.63, 3.8) is 0 Å². The average molecular weight is 247 g/mol. The molecule has 1 aromatic rings. The molecule has 2 rings (SSSR count). The van der Waals surface area contributed by atoms with Crippen LogP contribution in [-0.4, -0.2) is 25.3 Å². The molecule has 0 aromatic heterocycles. The SMILES string of the molecule is CC(C)NCC1(Cc2ccccc2)CCOC1C. The first-order valence-electron chi connectivity index (χ1n) is 7.01. The van der Waals surface area contributed by atoms with E-state index in [1.807, 2.05) is 0 Å². The number of benzene rings is 1. The Hall–Kier alpha value is -0.860. The van der Waals surface area contributed by atoms with Crippen molar-refractivity contribution >= 4 is 0 Å². The maximum Gasteiger partial charge on any atom is 0.0619 e. The van der Waals surface area contributed by atoms with E-state index in [-0.39, 0.29) is 5.41 Å². The minimum Gasteiger partial charge on any atom is -0.378 e. The van der Waals surface area contributed by atoms with E-state index in [1.165, 1.54) is 5.56 Å². The molecule has 0 spiro atoms. The van der Waals surface area contributed by atoms with Gasteiger partial charge in [-0.05, 0) is 25.3 Å². The van der Waals surface area contributed by atoms with Crippen LogP contribution in [0.2, 0.25) is 0 Å². The molecule has 0 bridgehead atoms. The average Bonchev–Trinajstić information content (AvgIpc) is 2.70. The summed E-state index contributed by atoms with van der Waals surface area (Å²) in [5, 5.41) is 3.60. The third kappa shape index (κ3) is 3.12. The molecule has 1 aliphatic rings. The molecule has 2 unspecified atom stereocenters. The molecule has 0 aliphatic carbocycles. The minimum atomic E-state index is 0.256.